The van der Waals surface area contributed by atoms with Gasteiger partial charge in [0.15, 0.2) is 17.0 Å². The summed E-state index contributed by atoms with van der Waals surface area (Å²) in [5.74, 6) is -2.02. The smallest absolute Gasteiger partial charge is 0.338 e. The maximum absolute atomic E-state index is 13.0. The van der Waals surface area contributed by atoms with Crippen molar-refractivity contribution in [2.75, 3.05) is 37.1 Å². The average Bonchev–Trinajstić information content (AvgIpc) is 3.08. The number of benzene rings is 2. The number of esters is 2. The zero-order chi connectivity index (χ0) is 33.9. The van der Waals surface area contributed by atoms with Crippen LogP contribution in [0.15, 0.2) is 54.7 Å². The van der Waals surface area contributed by atoms with Crippen molar-refractivity contribution in [2.45, 2.75) is 31.8 Å². The highest BCUT2D eigenvalue weighted by Crippen LogP contribution is 2.19. The van der Waals surface area contributed by atoms with Crippen LogP contribution in [0.1, 0.15) is 44.8 Å². The van der Waals surface area contributed by atoms with Crippen molar-refractivity contribution in [3.05, 3.63) is 77.1 Å². The fourth-order valence-electron chi connectivity index (χ4n) is 4.61. The van der Waals surface area contributed by atoms with Crippen LogP contribution < -0.4 is 27.0 Å². The number of rotatable bonds is 14. The van der Waals surface area contributed by atoms with Crippen LogP contribution in [0.5, 0.6) is 0 Å². The lowest BCUT2D eigenvalue weighted by Crippen LogP contribution is -2.42. The quantitative estimate of drug-likeness (QED) is 0.0852. The van der Waals surface area contributed by atoms with Crippen molar-refractivity contribution < 1.29 is 33.4 Å². The highest BCUT2D eigenvalue weighted by Gasteiger charge is 2.22. The third-order valence-electron chi connectivity index (χ3n) is 6.98. The molecule has 0 bridgehead atoms. The molecule has 4 aromatic rings. The average molecular weight is 644 g/mol. The Kier molecular flexibility index (Phi) is 11.3. The number of nitrogens with one attached hydrogen (secondary N) is 2. The maximum atomic E-state index is 13.0. The number of aromatic nitrogens is 4. The summed E-state index contributed by atoms with van der Waals surface area (Å²) in [6, 6.07) is 11.8. The lowest BCUT2D eigenvalue weighted by atomic mass is 10.0. The minimum Gasteiger partial charge on any atom is -0.467 e. The van der Waals surface area contributed by atoms with E-state index in [1.54, 1.807) is 36.4 Å². The summed E-state index contributed by atoms with van der Waals surface area (Å²) < 4.78 is 9.61. The normalized spacial score (nSPS) is 11.3. The van der Waals surface area contributed by atoms with E-state index in [4.69, 9.17) is 20.9 Å². The SMILES string of the molecule is COC(=O)c1ccccc1CC(=O)NCCC[C@H](NC(=O)c1ccc(N(C=O)Cc2cnc3nc(N)nc(N)c3n2)cc1)C(=O)OC. The molecule has 3 amide bonds. The molecule has 0 aliphatic heterocycles. The van der Waals surface area contributed by atoms with Gasteiger partial charge in [-0.2, -0.15) is 9.97 Å². The van der Waals surface area contributed by atoms with Crippen molar-refractivity contribution in [3.8, 4) is 0 Å². The molecule has 244 valence electrons. The zero-order valence-electron chi connectivity index (χ0n) is 25.6. The number of nitrogen functional groups attached to an aromatic ring is 2. The molecule has 2 aromatic heterocycles. The van der Waals surface area contributed by atoms with Crippen LogP contribution in [0.25, 0.3) is 11.2 Å². The number of ether oxygens (including phenoxy) is 2. The second-order valence-electron chi connectivity index (χ2n) is 10.1. The van der Waals surface area contributed by atoms with Crippen molar-refractivity contribution in [1.82, 2.24) is 30.6 Å². The highest BCUT2D eigenvalue weighted by molar-refractivity contribution is 5.97. The molecular formula is C31H33N9O7. The number of amides is 3. The molecule has 0 spiro atoms. The van der Waals surface area contributed by atoms with Gasteiger partial charge in [-0.05, 0) is 48.7 Å². The Labute approximate surface area is 268 Å². The van der Waals surface area contributed by atoms with Gasteiger partial charge in [0.05, 0.1) is 44.6 Å². The van der Waals surface area contributed by atoms with Gasteiger partial charge in [-0.15, -0.1) is 0 Å². The van der Waals surface area contributed by atoms with Crippen molar-refractivity contribution in [3.63, 3.8) is 0 Å². The van der Waals surface area contributed by atoms with Gasteiger partial charge in [-0.1, -0.05) is 18.2 Å². The fourth-order valence-corrected chi connectivity index (χ4v) is 4.61. The van der Waals surface area contributed by atoms with E-state index in [1.165, 1.54) is 37.4 Å². The summed E-state index contributed by atoms with van der Waals surface area (Å²) >= 11 is 0. The summed E-state index contributed by atoms with van der Waals surface area (Å²) in [5, 5.41) is 5.41. The molecule has 1 atom stereocenters. The molecule has 0 unspecified atom stereocenters. The first-order valence-corrected chi connectivity index (χ1v) is 14.3. The van der Waals surface area contributed by atoms with Crippen LogP contribution >= 0.6 is 0 Å². The van der Waals surface area contributed by atoms with Crippen LogP contribution in [-0.2, 0) is 36.8 Å². The van der Waals surface area contributed by atoms with Crippen LogP contribution in [0.3, 0.4) is 0 Å². The van der Waals surface area contributed by atoms with Gasteiger partial charge in [-0.3, -0.25) is 14.4 Å². The number of carbonyl (C=O) groups excluding carboxylic acids is 5. The molecule has 2 heterocycles. The fraction of sp³-hybridized carbons (Fsp3) is 0.258. The molecule has 6 N–H and O–H groups in total. The van der Waals surface area contributed by atoms with E-state index in [0.29, 0.717) is 35.3 Å². The number of hydrogen-bond acceptors (Lipinski definition) is 13. The van der Waals surface area contributed by atoms with E-state index >= 15 is 0 Å². The number of nitrogens with two attached hydrogens (primary N) is 2. The Balaban J connectivity index is 1.32. The maximum Gasteiger partial charge on any atom is 0.338 e. The third-order valence-corrected chi connectivity index (χ3v) is 6.98. The molecule has 0 aliphatic carbocycles. The van der Waals surface area contributed by atoms with Gasteiger partial charge >= 0.3 is 11.9 Å². The molecule has 2 aromatic carbocycles. The minimum atomic E-state index is -0.978. The first-order chi connectivity index (χ1) is 22.6. The number of anilines is 3. The predicted molar refractivity (Wildman–Crippen MR) is 170 cm³/mol. The first kappa shape index (κ1) is 33.7. The van der Waals surface area contributed by atoms with Gasteiger partial charge < -0.3 is 36.5 Å². The lowest BCUT2D eigenvalue weighted by molar-refractivity contribution is -0.143. The summed E-state index contributed by atoms with van der Waals surface area (Å²) in [6.07, 6.45) is 2.54. The summed E-state index contributed by atoms with van der Waals surface area (Å²) in [6.45, 7) is 0.259. The number of hydrogen-bond donors (Lipinski definition) is 4. The van der Waals surface area contributed by atoms with Crippen LogP contribution in [0, 0.1) is 0 Å². The van der Waals surface area contributed by atoms with Gasteiger partial charge in [0.2, 0.25) is 18.3 Å². The molecule has 47 heavy (non-hydrogen) atoms. The van der Waals surface area contributed by atoms with Crippen LogP contribution in [0.2, 0.25) is 0 Å². The summed E-state index contributed by atoms with van der Waals surface area (Å²) in [4.78, 5) is 79.5. The number of methoxy groups -OCH3 is 2. The molecule has 16 heteroatoms. The Morgan fingerprint density at radius 1 is 0.979 bits per heavy atom. The minimum absolute atomic E-state index is 0.0330. The van der Waals surface area contributed by atoms with Gasteiger partial charge in [0.25, 0.3) is 5.91 Å². The largest absolute Gasteiger partial charge is 0.467 e. The van der Waals surface area contributed by atoms with E-state index < -0.39 is 23.9 Å². The van der Waals surface area contributed by atoms with Crippen LogP contribution in [-0.4, -0.2) is 76.9 Å². The molecular weight excluding hydrogens is 610 g/mol. The molecule has 0 aliphatic rings. The second-order valence-corrected chi connectivity index (χ2v) is 10.1. The predicted octanol–water partition coefficient (Wildman–Crippen LogP) is 0.944. The monoisotopic (exact) mass is 643 g/mol. The van der Waals surface area contributed by atoms with Crippen molar-refractivity contribution in [1.29, 1.82) is 0 Å². The molecule has 4 rings (SSSR count). The van der Waals surface area contributed by atoms with E-state index in [1.807, 2.05) is 0 Å². The highest BCUT2D eigenvalue weighted by atomic mass is 16.5. The molecule has 16 nitrogen and oxygen atoms in total. The molecule has 0 saturated carbocycles. The number of fused-ring (bicyclic) bond motifs is 1. The Morgan fingerprint density at radius 2 is 1.72 bits per heavy atom. The van der Waals surface area contributed by atoms with Crippen molar-refractivity contribution >= 4 is 58.8 Å². The topological polar surface area (TPSA) is 235 Å². The molecule has 0 saturated heterocycles. The summed E-state index contributed by atoms with van der Waals surface area (Å²) in [5.41, 5.74) is 13.9. The van der Waals surface area contributed by atoms with Crippen molar-refractivity contribution in [2.24, 2.45) is 0 Å². The lowest BCUT2D eigenvalue weighted by Gasteiger charge is -2.19. The van der Waals surface area contributed by atoms with E-state index in [2.05, 4.69) is 30.6 Å². The van der Waals surface area contributed by atoms with Gasteiger partial charge in [-0.25, -0.2) is 19.6 Å². The van der Waals surface area contributed by atoms with Crippen LogP contribution in [0.4, 0.5) is 17.5 Å². The van der Waals surface area contributed by atoms with Gasteiger partial charge in [0.1, 0.15) is 6.04 Å². The Hall–Kier alpha value is -6.19. The Morgan fingerprint density at radius 3 is 2.43 bits per heavy atom. The zero-order valence-corrected chi connectivity index (χ0v) is 25.6. The first-order valence-electron chi connectivity index (χ1n) is 14.3. The summed E-state index contributed by atoms with van der Waals surface area (Å²) in [7, 11) is 2.48. The number of carbonyl (C=O) groups is 5. The van der Waals surface area contributed by atoms with E-state index in [9.17, 15) is 24.0 Å². The van der Waals surface area contributed by atoms with E-state index in [-0.39, 0.29) is 60.3 Å². The number of nitrogens with zero attached hydrogens (tertiary/aromatic N) is 5. The molecule has 0 radical (unpaired) electrons. The third kappa shape index (κ3) is 8.72. The second kappa shape index (κ2) is 15.7. The standard InChI is InChI=1S/C31H33N9O7/c1-46-29(44)22-7-4-3-6-19(22)14-24(42)34-13-5-8-23(30(45)47-2)37-28(43)18-9-11-21(12-10-18)40(17-41)16-20-15-35-27-25(36-20)26(32)38-31(33)39-27/h3-4,6-7,9-12,15,17,23H,5,8,13-14,16H2,1-2H3,(H,34,42)(H,37,43)(H4,32,33,35,38,39)/t23-/m0/s1. The van der Waals surface area contributed by atoms with Gasteiger partial charge in [0, 0.05) is 17.8 Å². The van der Waals surface area contributed by atoms with E-state index in [0.717, 1.165) is 0 Å². The Bertz CT molecular complexity index is 1780. The molecule has 0 fully saturated rings.